The molecule has 0 radical (unpaired) electrons. The van der Waals surface area contributed by atoms with E-state index in [0.29, 0.717) is 48.7 Å². The summed E-state index contributed by atoms with van der Waals surface area (Å²) in [5.74, 6) is -2.89. The third-order valence-electron chi connectivity index (χ3n) is 21.9. The number of benzene rings is 5. The highest BCUT2D eigenvalue weighted by Gasteiger charge is 2.49. The number of amides is 9. The molecule has 5 aliphatic heterocycles. The highest BCUT2D eigenvalue weighted by molar-refractivity contribution is 9.10. The number of likely N-dealkylation sites (tertiary alicyclic amines) is 3. The molecule has 1 saturated carbocycles. The molecule has 7 heterocycles. The molecule has 27 heteroatoms. The number of β-amino-alcohol motifs (C(OH)–C–C–N with tert-alkyl or cyclic N) is 3. The first kappa shape index (κ1) is 83.8. The Morgan fingerprint density at radius 2 is 0.964 bits per heavy atom. The molecule has 1 aliphatic carbocycles. The maximum absolute atomic E-state index is 13.8. The monoisotopic (exact) mass is 1630 g/mol. The van der Waals surface area contributed by atoms with E-state index in [0.717, 1.165) is 65.4 Å². The number of fused-ring (bicyclic) bond motifs is 2. The molecule has 6 aliphatic rings. The van der Waals surface area contributed by atoms with Gasteiger partial charge >= 0.3 is 0 Å². The molecular weight excluding hydrogens is 1530 g/mol. The number of nitrogens with zero attached hydrogens (tertiary/aromatic N) is 7. The molecule has 5 aromatic carbocycles. The second-order valence-electron chi connectivity index (χ2n) is 32.0. The third kappa shape index (κ3) is 20.3. The quantitative estimate of drug-likeness (QED) is 0.0332. The number of nitrogens with one attached hydrogen (secondary N) is 4. The SMILES string of the molecule is CC(C)[C@@H](C(=O)N1C[C@H](O)C[C@H]1C(=O)NCc1ccc(Br)cc1)N1Cc2ccccc2C1=O.Cc1ncsc1-c1ccc(CNC(=O)[C@@H]2C[C@@H](O)CN2C(=O)[C@@H](NC(=O)CCC2CCCCC2)C(C)(C)C)cc1.Cc1ncsc1-c1ccc(CNC(=O)[C@@H]2C[C@@H](O)CN2C(=O)[C@H](C(C)C)N2Cc3cc(F)ccc3C2=O)cc1. The van der Waals surface area contributed by atoms with Gasteiger partial charge in [-0.1, -0.05) is 175 Å². The van der Waals surface area contributed by atoms with Crippen molar-refractivity contribution in [2.45, 2.75) is 214 Å². The Hall–Kier alpha value is -9.12. The van der Waals surface area contributed by atoms with Crippen LogP contribution in [0.25, 0.3) is 20.9 Å². The van der Waals surface area contributed by atoms with Gasteiger partial charge in [0.1, 0.15) is 42.1 Å². The van der Waals surface area contributed by atoms with Gasteiger partial charge in [0.2, 0.25) is 41.4 Å². The highest BCUT2D eigenvalue weighted by atomic mass is 79.9. The molecule has 7 aromatic rings. The van der Waals surface area contributed by atoms with E-state index >= 15 is 0 Å². The zero-order valence-electron chi connectivity index (χ0n) is 65.0. The minimum Gasteiger partial charge on any atom is -0.391 e. The molecule has 7 N–H and O–H groups in total. The van der Waals surface area contributed by atoms with Crippen LogP contribution in [-0.4, -0.2) is 177 Å². The minimum absolute atomic E-state index is 0.00659. The van der Waals surface area contributed by atoms with Crippen LogP contribution in [0.4, 0.5) is 4.39 Å². The Kier molecular flexibility index (Phi) is 27.9. The van der Waals surface area contributed by atoms with E-state index in [9.17, 15) is 62.9 Å². The first-order valence-electron chi connectivity index (χ1n) is 38.7. The summed E-state index contributed by atoms with van der Waals surface area (Å²) in [5.41, 5.74) is 12.4. The van der Waals surface area contributed by atoms with E-state index in [4.69, 9.17) is 0 Å². The van der Waals surface area contributed by atoms with Gasteiger partial charge in [-0.3, -0.25) is 43.2 Å². The van der Waals surface area contributed by atoms with Gasteiger partial charge < -0.3 is 61.1 Å². The van der Waals surface area contributed by atoms with Crippen LogP contribution < -0.4 is 21.3 Å². The third-order valence-corrected chi connectivity index (χ3v) is 24.4. The lowest BCUT2D eigenvalue weighted by atomic mass is 9.84. The summed E-state index contributed by atoms with van der Waals surface area (Å²) in [6.45, 7) is 18.7. The molecule has 0 spiro atoms. The van der Waals surface area contributed by atoms with Crippen LogP contribution in [0.15, 0.2) is 131 Å². The molecule has 4 fully saturated rings. The number of aliphatic hydroxyl groups is 3. The fraction of sp³-hybridized carbons (Fsp3) is 0.471. The number of hydrogen-bond acceptors (Lipinski definition) is 16. The highest BCUT2D eigenvalue weighted by Crippen LogP contribution is 2.36. The Balaban J connectivity index is 0.000000167. The lowest BCUT2D eigenvalue weighted by Crippen LogP contribution is -2.57. The largest absolute Gasteiger partial charge is 0.391 e. The van der Waals surface area contributed by atoms with Gasteiger partial charge in [-0.2, -0.15) is 0 Å². The predicted molar refractivity (Wildman–Crippen MR) is 430 cm³/mol. The van der Waals surface area contributed by atoms with Crippen molar-refractivity contribution >= 4 is 91.8 Å². The number of carbonyl (C=O) groups is 9. The smallest absolute Gasteiger partial charge is 0.255 e. The van der Waals surface area contributed by atoms with Crippen molar-refractivity contribution in [3.8, 4) is 20.9 Å². The van der Waals surface area contributed by atoms with Gasteiger partial charge in [0.15, 0.2) is 0 Å². The Morgan fingerprint density at radius 3 is 1.38 bits per heavy atom. The average molecular weight is 1630 g/mol. The Morgan fingerprint density at radius 1 is 0.554 bits per heavy atom. The maximum Gasteiger partial charge on any atom is 0.255 e. The van der Waals surface area contributed by atoms with Crippen molar-refractivity contribution in [2.24, 2.45) is 23.2 Å². The first-order chi connectivity index (χ1) is 53.4. The number of carbonyl (C=O) groups excluding carboxylic acids is 9. The molecule has 9 atom stereocenters. The molecule has 23 nitrogen and oxygen atoms in total. The van der Waals surface area contributed by atoms with E-state index in [1.165, 1.54) is 69.9 Å². The van der Waals surface area contributed by atoms with E-state index in [2.05, 4.69) is 47.2 Å². The summed E-state index contributed by atoms with van der Waals surface area (Å²) in [6.07, 6.45) is 5.38. The van der Waals surface area contributed by atoms with Crippen LogP contribution in [0.3, 0.4) is 0 Å². The number of aliphatic hydroxyl groups excluding tert-OH is 3. The number of rotatable bonds is 22. The Labute approximate surface area is 670 Å². The molecule has 9 amide bonds. The Bertz CT molecular complexity index is 4530. The molecule has 3 saturated heterocycles. The van der Waals surface area contributed by atoms with Crippen LogP contribution in [-0.2, 0) is 66.3 Å². The second kappa shape index (κ2) is 37.2. The van der Waals surface area contributed by atoms with E-state index < -0.39 is 71.7 Å². The van der Waals surface area contributed by atoms with Crippen molar-refractivity contribution in [3.63, 3.8) is 0 Å². The van der Waals surface area contributed by atoms with E-state index in [1.54, 1.807) is 33.6 Å². The van der Waals surface area contributed by atoms with Crippen molar-refractivity contribution < 1.29 is 62.9 Å². The zero-order valence-corrected chi connectivity index (χ0v) is 68.2. The zero-order chi connectivity index (χ0) is 80.4. The molecule has 0 bridgehead atoms. The second-order valence-corrected chi connectivity index (χ2v) is 34.6. The van der Waals surface area contributed by atoms with Crippen LogP contribution in [0.2, 0.25) is 0 Å². The van der Waals surface area contributed by atoms with Gasteiger partial charge in [0, 0.05) is 93.6 Å². The summed E-state index contributed by atoms with van der Waals surface area (Å²) in [7, 11) is 0. The fourth-order valence-electron chi connectivity index (χ4n) is 15.9. The number of halogens is 2. The molecule has 596 valence electrons. The summed E-state index contributed by atoms with van der Waals surface area (Å²) >= 11 is 6.56. The number of aryl methyl sites for hydroxylation is 2. The van der Waals surface area contributed by atoms with Crippen LogP contribution in [0.5, 0.6) is 0 Å². The van der Waals surface area contributed by atoms with Crippen LogP contribution in [0, 0.1) is 42.8 Å². The van der Waals surface area contributed by atoms with Crippen molar-refractivity contribution in [1.29, 1.82) is 0 Å². The normalized spacial score (nSPS) is 20.3. The fourth-order valence-corrected chi connectivity index (χ4v) is 17.8. The maximum atomic E-state index is 13.8. The first-order valence-corrected chi connectivity index (χ1v) is 41.3. The summed E-state index contributed by atoms with van der Waals surface area (Å²) in [6, 6.07) is 30.0. The standard InChI is InChI=1S/C31H44N4O4S.C29H31FN4O4S.C25H28BrN3O4/c1-20-27(40-19-33-20)23-13-10-22(11-14-23)17-32-29(38)25-16-24(36)18-35(25)30(39)28(31(2,3)4)34-26(37)15-12-21-8-6-5-7-9-21;1-16(2)25(34-13-20-10-21(30)8-9-23(20)28(34)37)29(38)33-14-22(35)11-24(33)27(36)31-12-18-4-6-19(7-5-18)26-17(3)32-15-39-26;1-15(2)22(29-13-17-5-3-4-6-20(17)24(29)32)25(33)28-14-19(30)11-21(28)23(31)27-12-16-7-9-18(26)10-8-16/h10-11,13-14,19,21,24-25,28,36H,5-9,12,15-18H2,1-4H3,(H,32,38)(H,34,37);4-10,15-16,22,24-25,35H,11-14H2,1-3H3,(H,31,36);3-10,15,19,21-22,30H,11-14H2,1-2H3,(H,27,31)/t24-,25+,28-;22-,24+,25+;19-,21+,22+/m111/s1. The molecule has 112 heavy (non-hydrogen) atoms. The van der Waals surface area contributed by atoms with E-state index in [-0.39, 0.29) is 111 Å². The molecule has 13 rings (SSSR count). The van der Waals surface area contributed by atoms with Crippen molar-refractivity contribution in [2.75, 3.05) is 19.6 Å². The molecule has 0 unspecified atom stereocenters. The van der Waals surface area contributed by atoms with Gasteiger partial charge in [-0.25, -0.2) is 14.4 Å². The van der Waals surface area contributed by atoms with Gasteiger partial charge in [0.05, 0.1) is 50.5 Å². The average Bonchev–Trinajstić information content (AvgIpc) is 1.64. The predicted octanol–water partition coefficient (Wildman–Crippen LogP) is 10.8. The molecular formula is C85H103BrFN11O12S2. The van der Waals surface area contributed by atoms with Crippen LogP contribution >= 0.6 is 38.6 Å². The minimum atomic E-state index is -0.856. The summed E-state index contributed by atoms with van der Waals surface area (Å²) in [4.78, 5) is 138. The lowest BCUT2D eigenvalue weighted by molar-refractivity contribution is -0.144. The topological polar surface area (TPSA) is 304 Å². The summed E-state index contributed by atoms with van der Waals surface area (Å²) < 4.78 is 14.7. The van der Waals surface area contributed by atoms with Gasteiger partial charge in [0.25, 0.3) is 11.8 Å². The van der Waals surface area contributed by atoms with Crippen LogP contribution in [0.1, 0.15) is 173 Å². The molecule has 2 aromatic heterocycles. The van der Waals surface area contributed by atoms with E-state index in [1.807, 2.05) is 164 Å². The number of thiazole rings is 2. The van der Waals surface area contributed by atoms with Gasteiger partial charge in [-0.15, -0.1) is 22.7 Å². The summed E-state index contributed by atoms with van der Waals surface area (Å²) in [5, 5.41) is 42.9. The van der Waals surface area contributed by atoms with Gasteiger partial charge in [-0.05, 0) is 119 Å². The van der Waals surface area contributed by atoms with Crippen molar-refractivity contribution in [3.05, 3.63) is 187 Å². The number of hydrogen-bond donors (Lipinski definition) is 7. The number of aromatic nitrogens is 2. The lowest BCUT2D eigenvalue weighted by Gasteiger charge is -2.35. The van der Waals surface area contributed by atoms with Crippen molar-refractivity contribution in [1.82, 2.24) is 55.7 Å².